The van der Waals surface area contributed by atoms with Gasteiger partial charge in [0.15, 0.2) is 0 Å². The lowest BCUT2D eigenvalue weighted by molar-refractivity contribution is 0.0750. The Morgan fingerprint density at radius 1 is 1.21 bits per heavy atom. The largest absolute Gasteiger partial charge is 0.395 e. The molecule has 0 saturated heterocycles. The maximum absolute atomic E-state index is 9.31. The van der Waals surface area contributed by atoms with E-state index in [-0.39, 0.29) is 6.61 Å². The molecule has 0 radical (unpaired) electrons. The fourth-order valence-corrected chi connectivity index (χ4v) is 3.91. The molecule has 4 unspecified atom stereocenters. The minimum atomic E-state index is 0.253. The van der Waals surface area contributed by atoms with E-state index in [2.05, 4.69) is 32.6 Å². The minimum Gasteiger partial charge on any atom is -0.395 e. The molecule has 4 atom stereocenters. The Bertz CT molecular complexity index is 231. The molecule has 0 heterocycles. The maximum atomic E-state index is 9.31. The molecule has 0 bridgehead atoms. The van der Waals surface area contributed by atoms with Crippen LogP contribution in [-0.4, -0.2) is 41.8 Å². The third-order valence-electron chi connectivity index (χ3n) is 5.02. The molecule has 0 aromatic rings. The van der Waals surface area contributed by atoms with Crippen LogP contribution in [-0.2, 0) is 0 Å². The van der Waals surface area contributed by atoms with Crippen LogP contribution in [0.3, 0.4) is 0 Å². The Kier molecular flexibility index (Phi) is 7.33. The predicted octanol–water partition coefficient (Wildman–Crippen LogP) is 2.48. The molecule has 1 aliphatic carbocycles. The molecular weight excluding hydrogens is 236 g/mol. The standard InChI is InChI=1S/C16H34N2O/c1-5-14(6-2)18(7-8-19)11-15-13(4)9-12(3)10-16(15)17/h12-16,19H,5-11,17H2,1-4H3. The van der Waals surface area contributed by atoms with Crippen LogP contribution in [0, 0.1) is 17.8 Å². The zero-order valence-electron chi connectivity index (χ0n) is 13.3. The first kappa shape index (κ1) is 16.9. The van der Waals surface area contributed by atoms with Crippen LogP contribution in [0.2, 0.25) is 0 Å². The van der Waals surface area contributed by atoms with Crippen molar-refractivity contribution in [2.24, 2.45) is 23.5 Å². The van der Waals surface area contributed by atoms with Gasteiger partial charge < -0.3 is 10.8 Å². The van der Waals surface area contributed by atoms with Gasteiger partial charge in [0.25, 0.3) is 0 Å². The summed E-state index contributed by atoms with van der Waals surface area (Å²) in [6.07, 6.45) is 4.77. The second kappa shape index (κ2) is 8.23. The van der Waals surface area contributed by atoms with Gasteiger partial charge in [-0.15, -0.1) is 0 Å². The van der Waals surface area contributed by atoms with E-state index >= 15 is 0 Å². The van der Waals surface area contributed by atoms with E-state index in [9.17, 15) is 5.11 Å². The van der Waals surface area contributed by atoms with Crippen molar-refractivity contribution in [3.05, 3.63) is 0 Å². The molecule has 3 nitrogen and oxygen atoms in total. The minimum absolute atomic E-state index is 0.253. The summed E-state index contributed by atoms with van der Waals surface area (Å²) in [4.78, 5) is 2.47. The number of aliphatic hydroxyl groups is 1. The Balaban J connectivity index is 2.66. The Hall–Kier alpha value is -0.120. The highest BCUT2D eigenvalue weighted by atomic mass is 16.3. The van der Waals surface area contributed by atoms with Crippen molar-refractivity contribution < 1.29 is 5.11 Å². The van der Waals surface area contributed by atoms with Crippen LogP contribution in [0.1, 0.15) is 53.4 Å². The van der Waals surface area contributed by atoms with Crippen molar-refractivity contribution >= 4 is 0 Å². The summed E-state index contributed by atoms with van der Waals surface area (Å²) in [6, 6.07) is 0.917. The Morgan fingerprint density at radius 2 is 1.84 bits per heavy atom. The number of hydrogen-bond acceptors (Lipinski definition) is 3. The third-order valence-corrected chi connectivity index (χ3v) is 5.02. The number of nitrogens with zero attached hydrogens (tertiary/aromatic N) is 1. The fourth-order valence-electron chi connectivity index (χ4n) is 3.91. The molecule has 1 fully saturated rings. The number of aliphatic hydroxyl groups excluding tert-OH is 1. The van der Waals surface area contributed by atoms with Gasteiger partial charge in [0.1, 0.15) is 0 Å². The van der Waals surface area contributed by atoms with Crippen molar-refractivity contribution in [1.82, 2.24) is 4.90 Å². The van der Waals surface area contributed by atoms with Gasteiger partial charge in [-0.2, -0.15) is 0 Å². The van der Waals surface area contributed by atoms with Gasteiger partial charge in [-0.25, -0.2) is 0 Å². The van der Waals surface area contributed by atoms with E-state index in [4.69, 9.17) is 5.73 Å². The van der Waals surface area contributed by atoms with Crippen LogP contribution in [0.15, 0.2) is 0 Å². The molecule has 19 heavy (non-hydrogen) atoms. The summed E-state index contributed by atoms with van der Waals surface area (Å²) in [5, 5.41) is 9.31. The van der Waals surface area contributed by atoms with Gasteiger partial charge in [-0.1, -0.05) is 27.7 Å². The molecule has 0 aliphatic heterocycles. The first-order valence-corrected chi connectivity index (χ1v) is 8.13. The number of nitrogens with two attached hydrogens (primary N) is 1. The lowest BCUT2D eigenvalue weighted by atomic mass is 9.72. The van der Waals surface area contributed by atoms with Gasteiger partial charge in [0.2, 0.25) is 0 Å². The van der Waals surface area contributed by atoms with Gasteiger partial charge in [0.05, 0.1) is 6.61 Å². The summed E-state index contributed by atoms with van der Waals surface area (Å²) in [6.45, 7) is 11.3. The highest BCUT2D eigenvalue weighted by Crippen LogP contribution is 2.33. The van der Waals surface area contributed by atoms with Crippen molar-refractivity contribution in [1.29, 1.82) is 0 Å². The van der Waals surface area contributed by atoms with Crippen LogP contribution >= 0.6 is 0 Å². The molecular formula is C16H34N2O. The van der Waals surface area contributed by atoms with Crippen LogP contribution in [0.5, 0.6) is 0 Å². The number of rotatable bonds is 7. The summed E-state index contributed by atoms with van der Waals surface area (Å²) in [5.74, 6) is 2.05. The molecule has 3 heteroatoms. The Morgan fingerprint density at radius 3 is 2.32 bits per heavy atom. The molecule has 1 saturated carbocycles. The van der Waals surface area contributed by atoms with E-state index in [1.165, 1.54) is 6.42 Å². The van der Waals surface area contributed by atoms with E-state index in [0.717, 1.165) is 38.3 Å². The summed E-state index contributed by atoms with van der Waals surface area (Å²) in [7, 11) is 0. The van der Waals surface area contributed by atoms with Crippen LogP contribution < -0.4 is 5.73 Å². The van der Waals surface area contributed by atoms with Crippen LogP contribution in [0.4, 0.5) is 0 Å². The molecule has 0 amide bonds. The van der Waals surface area contributed by atoms with Gasteiger partial charge in [-0.05, 0) is 43.4 Å². The molecule has 3 N–H and O–H groups in total. The van der Waals surface area contributed by atoms with E-state index in [1.807, 2.05) is 0 Å². The summed E-state index contributed by atoms with van der Waals surface area (Å²) >= 11 is 0. The zero-order chi connectivity index (χ0) is 14.4. The molecule has 1 aliphatic rings. The van der Waals surface area contributed by atoms with Gasteiger partial charge in [-0.3, -0.25) is 4.90 Å². The van der Waals surface area contributed by atoms with Crippen LogP contribution in [0.25, 0.3) is 0 Å². The molecule has 0 aromatic carbocycles. The van der Waals surface area contributed by atoms with Crippen molar-refractivity contribution in [3.63, 3.8) is 0 Å². The van der Waals surface area contributed by atoms with E-state index in [0.29, 0.717) is 23.9 Å². The molecule has 1 rings (SSSR count). The normalized spacial score (nSPS) is 32.2. The highest BCUT2D eigenvalue weighted by Gasteiger charge is 2.33. The quantitative estimate of drug-likeness (QED) is 0.747. The van der Waals surface area contributed by atoms with Crippen molar-refractivity contribution in [2.45, 2.75) is 65.5 Å². The first-order chi connectivity index (χ1) is 9.03. The topological polar surface area (TPSA) is 49.5 Å². The average molecular weight is 270 g/mol. The van der Waals surface area contributed by atoms with Gasteiger partial charge >= 0.3 is 0 Å². The van der Waals surface area contributed by atoms with E-state index in [1.54, 1.807) is 0 Å². The SMILES string of the molecule is CCC(CC)N(CCO)CC1C(C)CC(C)CC1N. The molecule has 0 aromatic heterocycles. The highest BCUT2D eigenvalue weighted by molar-refractivity contribution is 4.88. The third kappa shape index (κ3) is 4.73. The molecule has 0 spiro atoms. The maximum Gasteiger partial charge on any atom is 0.0558 e. The predicted molar refractivity (Wildman–Crippen MR) is 82.1 cm³/mol. The Labute approximate surface area is 119 Å². The lowest BCUT2D eigenvalue weighted by Crippen LogP contribution is -2.49. The van der Waals surface area contributed by atoms with E-state index < -0.39 is 0 Å². The van der Waals surface area contributed by atoms with Crippen molar-refractivity contribution in [3.8, 4) is 0 Å². The summed E-state index contributed by atoms with van der Waals surface area (Å²) in [5.41, 5.74) is 6.40. The second-order valence-electron chi connectivity index (χ2n) is 6.57. The first-order valence-electron chi connectivity index (χ1n) is 8.13. The summed E-state index contributed by atoms with van der Waals surface area (Å²) < 4.78 is 0. The lowest BCUT2D eigenvalue weighted by Gasteiger charge is -2.42. The average Bonchev–Trinajstić information content (AvgIpc) is 2.34. The zero-order valence-corrected chi connectivity index (χ0v) is 13.3. The van der Waals surface area contributed by atoms with Gasteiger partial charge in [0, 0.05) is 25.2 Å². The smallest absolute Gasteiger partial charge is 0.0558 e. The second-order valence-corrected chi connectivity index (χ2v) is 6.57. The van der Waals surface area contributed by atoms with Crippen molar-refractivity contribution in [2.75, 3.05) is 19.7 Å². The monoisotopic (exact) mass is 270 g/mol. The number of hydrogen-bond donors (Lipinski definition) is 2. The molecule has 114 valence electrons. The fraction of sp³-hybridized carbons (Fsp3) is 1.00.